The van der Waals surface area contributed by atoms with E-state index in [0.29, 0.717) is 18.7 Å². The molecule has 7 heteroatoms. The Kier molecular flexibility index (Phi) is 5.37. The minimum atomic E-state index is -0.243. The molecule has 1 fully saturated rings. The lowest BCUT2D eigenvalue weighted by Crippen LogP contribution is -2.53. The van der Waals surface area contributed by atoms with Crippen molar-refractivity contribution in [1.82, 2.24) is 20.5 Å². The van der Waals surface area contributed by atoms with Gasteiger partial charge in [0.1, 0.15) is 6.20 Å². The average molecular weight is 390 g/mol. The quantitative estimate of drug-likeness (QED) is 0.740. The van der Waals surface area contributed by atoms with Gasteiger partial charge >= 0.3 is 0 Å². The zero-order valence-corrected chi connectivity index (χ0v) is 16.1. The standard InChI is InChI=1S/C22H22N4O3/c1-15-7-9-17(10-8-15)21(27)24-20-14-26(22(28)19-13-23-29-25-19)12-11-18(20)16-5-3-2-4-6-16/h2-10,13,18,20H,11-12,14H2,1H3,(H,24,27)/t18-,20-/m0/s1. The molecule has 1 aromatic heterocycles. The molecule has 0 aliphatic carbocycles. The number of aryl methyl sites for hydroxylation is 1. The van der Waals surface area contributed by atoms with E-state index in [0.717, 1.165) is 17.5 Å². The molecule has 2 heterocycles. The van der Waals surface area contributed by atoms with Gasteiger partial charge in [-0.1, -0.05) is 53.2 Å². The number of hydrogen-bond acceptors (Lipinski definition) is 5. The van der Waals surface area contributed by atoms with Gasteiger partial charge < -0.3 is 10.2 Å². The highest BCUT2D eigenvalue weighted by Gasteiger charge is 2.34. The molecule has 0 spiro atoms. The third-order valence-electron chi connectivity index (χ3n) is 5.34. The summed E-state index contributed by atoms with van der Waals surface area (Å²) in [5, 5.41) is 10.3. The summed E-state index contributed by atoms with van der Waals surface area (Å²) in [7, 11) is 0. The van der Waals surface area contributed by atoms with Crippen molar-refractivity contribution in [2.45, 2.75) is 25.3 Å². The van der Waals surface area contributed by atoms with Crippen LogP contribution in [0.2, 0.25) is 0 Å². The van der Waals surface area contributed by atoms with Gasteiger partial charge in [-0.05, 0) is 36.2 Å². The SMILES string of the molecule is Cc1ccc(C(=O)N[C@H]2CN(C(=O)c3cnon3)CC[C@H]2c2ccccc2)cc1. The third-order valence-corrected chi connectivity index (χ3v) is 5.34. The van der Waals surface area contributed by atoms with E-state index in [1.807, 2.05) is 49.4 Å². The van der Waals surface area contributed by atoms with Crippen molar-refractivity contribution >= 4 is 11.8 Å². The van der Waals surface area contributed by atoms with Crippen LogP contribution in [0.25, 0.3) is 0 Å². The van der Waals surface area contributed by atoms with Crippen molar-refractivity contribution in [1.29, 1.82) is 0 Å². The molecule has 148 valence electrons. The van der Waals surface area contributed by atoms with Gasteiger partial charge in [-0.3, -0.25) is 9.59 Å². The van der Waals surface area contributed by atoms with E-state index in [1.165, 1.54) is 6.20 Å². The lowest BCUT2D eigenvalue weighted by Gasteiger charge is -2.39. The fourth-order valence-corrected chi connectivity index (χ4v) is 3.76. The Morgan fingerprint density at radius 2 is 1.86 bits per heavy atom. The number of benzene rings is 2. The average Bonchev–Trinajstić information content (AvgIpc) is 3.29. The topological polar surface area (TPSA) is 88.3 Å². The van der Waals surface area contributed by atoms with Crippen LogP contribution >= 0.6 is 0 Å². The lowest BCUT2D eigenvalue weighted by molar-refractivity contribution is 0.0645. The second-order valence-electron chi connectivity index (χ2n) is 7.30. The molecule has 1 aliphatic rings. The molecule has 4 rings (SSSR count). The van der Waals surface area contributed by atoms with E-state index in [9.17, 15) is 9.59 Å². The van der Waals surface area contributed by atoms with Gasteiger partial charge in [-0.2, -0.15) is 0 Å². The molecule has 1 aliphatic heterocycles. The molecule has 0 bridgehead atoms. The number of piperidine rings is 1. The highest BCUT2D eigenvalue weighted by atomic mass is 16.6. The highest BCUT2D eigenvalue weighted by molar-refractivity contribution is 5.95. The van der Waals surface area contributed by atoms with Crippen LogP contribution in [0, 0.1) is 6.92 Å². The summed E-state index contributed by atoms with van der Waals surface area (Å²) in [6, 6.07) is 17.3. The molecular formula is C22H22N4O3. The molecular weight excluding hydrogens is 368 g/mol. The van der Waals surface area contributed by atoms with E-state index < -0.39 is 0 Å². The van der Waals surface area contributed by atoms with E-state index >= 15 is 0 Å². The van der Waals surface area contributed by atoms with Crippen LogP contribution in [0.3, 0.4) is 0 Å². The van der Waals surface area contributed by atoms with Crippen LogP contribution < -0.4 is 5.32 Å². The van der Waals surface area contributed by atoms with E-state index in [4.69, 9.17) is 0 Å². The largest absolute Gasteiger partial charge is 0.347 e. The lowest BCUT2D eigenvalue weighted by atomic mass is 9.85. The molecule has 7 nitrogen and oxygen atoms in total. The van der Waals surface area contributed by atoms with Crippen molar-refractivity contribution in [3.63, 3.8) is 0 Å². The number of rotatable bonds is 4. The smallest absolute Gasteiger partial charge is 0.277 e. The number of likely N-dealkylation sites (tertiary alicyclic amines) is 1. The number of nitrogens with zero attached hydrogens (tertiary/aromatic N) is 3. The number of hydrogen-bond donors (Lipinski definition) is 1. The maximum atomic E-state index is 12.9. The first kappa shape index (κ1) is 18.9. The van der Waals surface area contributed by atoms with E-state index in [1.54, 1.807) is 4.90 Å². The minimum absolute atomic E-state index is 0.116. The fourth-order valence-electron chi connectivity index (χ4n) is 3.76. The second-order valence-corrected chi connectivity index (χ2v) is 7.30. The number of aromatic nitrogens is 2. The van der Waals surface area contributed by atoms with Crippen molar-refractivity contribution in [2.24, 2.45) is 0 Å². The van der Waals surface area contributed by atoms with Crippen LogP contribution in [-0.4, -0.2) is 46.2 Å². The Hall–Kier alpha value is -3.48. The van der Waals surface area contributed by atoms with Crippen molar-refractivity contribution < 1.29 is 14.2 Å². The summed E-state index contributed by atoms with van der Waals surface area (Å²) < 4.78 is 4.56. The Balaban J connectivity index is 1.56. The Bertz CT molecular complexity index is 971. The van der Waals surface area contributed by atoms with Crippen LogP contribution in [0.4, 0.5) is 0 Å². The molecule has 0 radical (unpaired) electrons. The second kappa shape index (κ2) is 8.26. The summed E-state index contributed by atoms with van der Waals surface area (Å²) in [4.78, 5) is 27.2. The van der Waals surface area contributed by atoms with Gasteiger partial charge in [-0.15, -0.1) is 0 Å². The summed E-state index contributed by atoms with van der Waals surface area (Å²) in [6.45, 7) is 2.95. The summed E-state index contributed by atoms with van der Waals surface area (Å²) in [5.41, 5.74) is 3.02. The van der Waals surface area contributed by atoms with Crippen molar-refractivity contribution in [3.8, 4) is 0 Å². The zero-order valence-electron chi connectivity index (χ0n) is 16.1. The number of nitrogens with one attached hydrogen (secondary N) is 1. The summed E-state index contributed by atoms with van der Waals surface area (Å²) >= 11 is 0. The molecule has 2 amide bonds. The maximum absolute atomic E-state index is 12.9. The third kappa shape index (κ3) is 4.18. The molecule has 2 atom stereocenters. The van der Waals surface area contributed by atoms with Gasteiger partial charge in [0.2, 0.25) is 0 Å². The number of carbonyl (C=O) groups is 2. The summed E-state index contributed by atoms with van der Waals surface area (Å²) in [6.07, 6.45) is 2.05. The van der Waals surface area contributed by atoms with Gasteiger partial charge in [-0.25, -0.2) is 4.63 Å². The van der Waals surface area contributed by atoms with Gasteiger partial charge in [0, 0.05) is 24.6 Å². The first-order valence-electron chi connectivity index (χ1n) is 9.61. The predicted molar refractivity (Wildman–Crippen MR) is 106 cm³/mol. The molecule has 2 aromatic carbocycles. The molecule has 1 N–H and O–H groups in total. The van der Waals surface area contributed by atoms with E-state index in [-0.39, 0.29) is 29.5 Å². The number of amides is 2. The summed E-state index contributed by atoms with van der Waals surface area (Å²) in [5.74, 6) is -0.272. The molecule has 0 unspecified atom stereocenters. The van der Waals surface area contributed by atoms with Crippen molar-refractivity contribution in [3.05, 3.63) is 83.2 Å². The molecule has 29 heavy (non-hydrogen) atoms. The molecule has 0 saturated carbocycles. The minimum Gasteiger partial charge on any atom is -0.347 e. The first-order chi connectivity index (χ1) is 14.1. The van der Waals surface area contributed by atoms with Gasteiger partial charge in [0.25, 0.3) is 11.8 Å². The first-order valence-corrected chi connectivity index (χ1v) is 9.61. The van der Waals surface area contributed by atoms with Gasteiger partial charge in [0.15, 0.2) is 5.69 Å². The molecule has 1 saturated heterocycles. The van der Waals surface area contributed by atoms with E-state index in [2.05, 4.69) is 32.4 Å². The number of carbonyl (C=O) groups excluding carboxylic acids is 2. The van der Waals surface area contributed by atoms with Crippen LogP contribution in [0.15, 0.2) is 65.4 Å². The highest BCUT2D eigenvalue weighted by Crippen LogP contribution is 2.29. The monoisotopic (exact) mass is 390 g/mol. The maximum Gasteiger partial charge on any atom is 0.277 e. The Morgan fingerprint density at radius 3 is 2.55 bits per heavy atom. The fraction of sp³-hybridized carbons (Fsp3) is 0.273. The van der Waals surface area contributed by atoms with Crippen LogP contribution in [-0.2, 0) is 0 Å². The van der Waals surface area contributed by atoms with Gasteiger partial charge in [0.05, 0.1) is 6.04 Å². The Labute approximate surface area is 168 Å². The Morgan fingerprint density at radius 1 is 1.10 bits per heavy atom. The van der Waals surface area contributed by atoms with Crippen molar-refractivity contribution in [2.75, 3.05) is 13.1 Å². The zero-order chi connectivity index (χ0) is 20.2. The normalized spacial score (nSPS) is 19.0. The molecule has 3 aromatic rings. The van der Waals surface area contributed by atoms with Crippen LogP contribution in [0.5, 0.6) is 0 Å². The van der Waals surface area contributed by atoms with Crippen LogP contribution in [0.1, 0.15) is 44.3 Å². The predicted octanol–water partition coefficient (Wildman–Crippen LogP) is 2.81.